The monoisotopic (exact) mass is 271 g/mol. The molecule has 1 fully saturated rings. The van der Waals surface area contributed by atoms with Gasteiger partial charge in [0, 0.05) is 19.0 Å². The van der Waals surface area contributed by atoms with Gasteiger partial charge in [-0.05, 0) is 18.4 Å². The normalized spacial score (nSPS) is 21.0. The fraction of sp³-hybridized carbons (Fsp3) is 0.500. The fourth-order valence-corrected chi connectivity index (χ4v) is 2.50. The standard InChI is InChI=1S/C14H16F3NO/c15-14(16,17)13(19)18-9-5-4-8-12(10-18)11-6-2-1-3-7-11/h1-3,6-7,12H,4-5,8-10H2. The predicted molar refractivity (Wildman–Crippen MR) is 65.7 cm³/mol. The lowest BCUT2D eigenvalue weighted by molar-refractivity contribution is -0.185. The number of amides is 1. The molecule has 2 rings (SSSR count). The Bertz CT molecular complexity index is 430. The van der Waals surface area contributed by atoms with Crippen LogP contribution in [0.1, 0.15) is 30.7 Å². The molecule has 1 amide bonds. The van der Waals surface area contributed by atoms with E-state index in [-0.39, 0.29) is 19.0 Å². The first-order chi connectivity index (χ1) is 8.98. The first-order valence-corrected chi connectivity index (χ1v) is 6.39. The molecule has 0 N–H and O–H groups in total. The van der Waals surface area contributed by atoms with Gasteiger partial charge in [0.1, 0.15) is 0 Å². The second-order valence-corrected chi connectivity index (χ2v) is 4.85. The van der Waals surface area contributed by atoms with Crippen molar-refractivity contribution in [2.24, 2.45) is 0 Å². The number of carbonyl (C=O) groups is 1. The first-order valence-electron chi connectivity index (χ1n) is 6.39. The molecule has 0 aliphatic carbocycles. The van der Waals surface area contributed by atoms with Gasteiger partial charge in [-0.2, -0.15) is 13.2 Å². The highest BCUT2D eigenvalue weighted by atomic mass is 19.4. The van der Waals surface area contributed by atoms with Crippen LogP contribution in [0.15, 0.2) is 30.3 Å². The van der Waals surface area contributed by atoms with E-state index in [0.29, 0.717) is 6.42 Å². The van der Waals surface area contributed by atoms with Gasteiger partial charge in [0.15, 0.2) is 0 Å². The maximum atomic E-state index is 12.5. The van der Waals surface area contributed by atoms with Crippen molar-refractivity contribution < 1.29 is 18.0 Å². The number of hydrogen-bond acceptors (Lipinski definition) is 1. The molecule has 1 saturated heterocycles. The van der Waals surface area contributed by atoms with Crippen LogP contribution in [-0.2, 0) is 4.79 Å². The van der Waals surface area contributed by atoms with Gasteiger partial charge >= 0.3 is 12.1 Å². The number of rotatable bonds is 1. The van der Waals surface area contributed by atoms with Gasteiger partial charge in [0.05, 0.1) is 0 Å². The van der Waals surface area contributed by atoms with Crippen molar-refractivity contribution >= 4 is 5.91 Å². The molecule has 1 atom stereocenters. The van der Waals surface area contributed by atoms with Crippen LogP contribution < -0.4 is 0 Å². The fourth-order valence-electron chi connectivity index (χ4n) is 2.50. The van der Waals surface area contributed by atoms with E-state index in [1.165, 1.54) is 0 Å². The summed E-state index contributed by atoms with van der Waals surface area (Å²) >= 11 is 0. The number of likely N-dealkylation sites (tertiary alicyclic amines) is 1. The van der Waals surface area contributed by atoms with Crippen LogP contribution in [0.2, 0.25) is 0 Å². The summed E-state index contributed by atoms with van der Waals surface area (Å²) in [6.07, 6.45) is -2.47. The molecule has 104 valence electrons. The Labute approximate surface area is 110 Å². The van der Waals surface area contributed by atoms with Gasteiger partial charge in [-0.1, -0.05) is 36.8 Å². The number of carbonyl (C=O) groups excluding carboxylic acids is 1. The van der Waals surface area contributed by atoms with Crippen LogP contribution >= 0.6 is 0 Å². The Balaban J connectivity index is 2.13. The van der Waals surface area contributed by atoms with E-state index < -0.39 is 12.1 Å². The number of nitrogens with zero attached hydrogens (tertiary/aromatic N) is 1. The highest BCUT2D eigenvalue weighted by molar-refractivity contribution is 5.81. The summed E-state index contributed by atoms with van der Waals surface area (Å²) in [4.78, 5) is 12.3. The molecule has 2 nitrogen and oxygen atoms in total. The number of halogens is 3. The maximum Gasteiger partial charge on any atom is 0.471 e. The minimum Gasteiger partial charge on any atom is -0.334 e. The lowest BCUT2D eigenvalue weighted by atomic mass is 9.94. The molecule has 1 aliphatic heterocycles. The van der Waals surface area contributed by atoms with Crippen molar-refractivity contribution in [1.82, 2.24) is 4.90 Å². The summed E-state index contributed by atoms with van der Waals surface area (Å²) < 4.78 is 37.5. The summed E-state index contributed by atoms with van der Waals surface area (Å²) in [7, 11) is 0. The zero-order valence-corrected chi connectivity index (χ0v) is 10.5. The van der Waals surface area contributed by atoms with Crippen molar-refractivity contribution in [2.45, 2.75) is 31.4 Å². The third-order valence-corrected chi connectivity index (χ3v) is 3.47. The highest BCUT2D eigenvalue weighted by Gasteiger charge is 2.43. The van der Waals surface area contributed by atoms with Gasteiger partial charge in [-0.3, -0.25) is 4.79 Å². The van der Waals surface area contributed by atoms with Crippen molar-refractivity contribution in [3.05, 3.63) is 35.9 Å². The number of hydrogen-bond donors (Lipinski definition) is 0. The molecule has 5 heteroatoms. The number of benzene rings is 1. The molecule has 0 saturated carbocycles. The molecule has 0 spiro atoms. The maximum absolute atomic E-state index is 12.5. The van der Waals surface area contributed by atoms with E-state index in [9.17, 15) is 18.0 Å². The van der Waals surface area contributed by atoms with Gasteiger partial charge in [0.2, 0.25) is 0 Å². The Morgan fingerprint density at radius 2 is 1.84 bits per heavy atom. The molecule has 1 unspecified atom stereocenters. The molecule has 0 bridgehead atoms. The minimum absolute atomic E-state index is 0.00463. The molecule has 1 heterocycles. The number of alkyl halides is 3. The van der Waals surface area contributed by atoms with E-state index in [0.717, 1.165) is 23.3 Å². The molecule has 1 aromatic rings. The van der Waals surface area contributed by atoms with Crippen molar-refractivity contribution in [1.29, 1.82) is 0 Å². The van der Waals surface area contributed by atoms with Crippen LogP contribution in [0, 0.1) is 0 Å². The molecule has 0 aromatic heterocycles. The molecular weight excluding hydrogens is 255 g/mol. The molecule has 1 aromatic carbocycles. The largest absolute Gasteiger partial charge is 0.471 e. The van der Waals surface area contributed by atoms with Crippen molar-refractivity contribution in [3.63, 3.8) is 0 Å². The van der Waals surface area contributed by atoms with Gasteiger partial charge in [-0.15, -0.1) is 0 Å². The lowest BCUT2D eigenvalue weighted by Gasteiger charge is -2.25. The second-order valence-electron chi connectivity index (χ2n) is 4.85. The Hall–Kier alpha value is -1.52. The molecular formula is C14H16F3NO. The van der Waals surface area contributed by atoms with E-state index >= 15 is 0 Å². The van der Waals surface area contributed by atoms with E-state index in [4.69, 9.17) is 0 Å². The summed E-state index contributed by atoms with van der Waals surface area (Å²) in [6, 6.07) is 9.43. The second kappa shape index (κ2) is 5.63. The quantitative estimate of drug-likeness (QED) is 0.767. The Kier molecular flexibility index (Phi) is 4.12. The van der Waals surface area contributed by atoms with Crippen molar-refractivity contribution in [2.75, 3.05) is 13.1 Å². The first kappa shape index (κ1) is 13.9. The average molecular weight is 271 g/mol. The smallest absolute Gasteiger partial charge is 0.334 e. The van der Waals surface area contributed by atoms with Crippen LogP contribution in [0.3, 0.4) is 0 Å². The topological polar surface area (TPSA) is 20.3 Å². The minimum atomic E-state index is -4.77. The summed E-state index contributed by atoms with van der Waals surface area (Å²) in [5.41, 5.74) is 1.00. The van der Waals surface area contributed by atoms with Crippen LogP contribution in [0.25, 0.3) is 0 Å². The predicted octanol–water partition coefficient (Wildman–Crippen LogP) is 3.35. The van der Waals surface area contributed by atoms with Gasteiger partial charge in [-0.25, -0.2) is 0 Å². The van der Waals surface area contributed by atoms with E-state index in [1.807, 2.05) is 30.3 Å². The molecule has 1 aliphatic rings. The lowest BCUT2D eigenvalue weighted by Crippen LogP contribution is -2.42. The molecule has 0 radical (unpaired) electrons. The highest BCUT2D eigenvalue weighted by Crippen LogP contribution is 2.28. The summed E-state index contributed by atoms with van der Waals surface area (Å²) in [5.74, 6) is -1.72. The molecule has 19 heavy (non-hydrogen) atoms. The zero-order chi connectivity index (χ0) is 13.9. The third-order valence-electron chi connectivity index (χ3n) is 3.47. The third kappa shape index (κ3) is 3.49. The van der Waals surface area contributed by atoms with E-state index in [2.05, 4.69) is 0 Å². The van der Waals surface area contributed by atoms with Gasteiger partial charge in [0.25, 0.3) is 0 Å². The Morgan fingerprint density at radius 1 is 1.16 bits per heavy atom. The van der Waals surface area contributed by atoms with Crippen LogP contribution in [-0.4, -0.2) is 30.1 Å². The van der Waals surface area contributed by atoms with Crippen LogP contribution in [0.5, 0.6) is 0 Å². The average Bonchev–Trinajstić information content (AvgIpc) is 2.63. The summed E-state index contributed by atoms with van der Waals surface area (Å²) in [6.45, 7) is 0.351. The van der Waals surface area contributed by atoms with Gasteiger partial charge < -0.3 is 4.90 Å². The van der Waals surface area contributed by atoms with Crippen LogP contribution in [0.4, 0.5) is 13.2 Å². The zero-order valence-electron chi connectivity index (χ0n) is 10.5. The SMILES string of the molecule is O=C(N1CCCCC(c2ccccc2)C1)C(F)(F)F. The van der Waals surface area contributed by atoms with Crippen molar-refractivity contribution in [3.8, 4) is 0 Å². The van der Waals surface area contributed by atoms with E-state index in [1.54, 1.807) is 0 Å². The Morgan fingerprint density at radius 3 is 2.47 bits per heavy atom. The summed E-state index contributed by atoms with van der Waals surface area (Å²) in [5, 5.41) is 0.